The summed E-state index contributed by atoms with van der Waals surface area (Å²) in [6, 6.07) is 9.50. The number of benzene rings is 1. The van der Waals surface area contributed by atoms with Crippen molar-refractivity contribution in [1.29, 1.82) is 5.26 Å². The van der Waals surface area contributed by atoms with Gasteiger partial charge in [-0.05, 0) is 18.1 Å². The van der Waals surface area contributed by atoms with Crippen molar-refractivity contribution in [3.05, 3.63) is 56.2 Å². The van der Waals surface area contributed by atoms with Crippen LogP contribution >= 0.6 is 0 Å². The third-order valence-corrected chi connectivity index (χ3v) is 5.65. The molecule has 0 spiro atoms. The standard InChI is InChI=1S/C21H25N7O2/c1-3-6-16(15-8-5-4-7-14(15)13-22)28-17-18(26(2)21(30)25-19(17)29)24-20(28)27-11-9-23-10-12-27/h4-5,7-8,16,23H,3,6,9-12H2,1-2H3,(H,25,29,30). The number of piperazine rings is 1. The lowest BCUT2D eigenvalue weighted by Gasteiger charge is -2.31. The smallest absolute Gasteiger partial charge is 0.329 e. The van der Waals surface area contributed by atoms with E-state index in [2.05, 4.69) is 28.2 Å². The molecule has 4 rings (SSSR count). The van der Waals surface area contributed by atoms with Crippen molar-refractivity contribution in [2.45, 2.75) is 25.8 Å². The summed E-state index contributed by atoms with van der Waals surface area (Å²) in [5, 5.41) is 13.0. The van der Waals surface area contributed by atoms with Crippen molar-refractivity contribution in [3.8, 4) is 6.07 Å². The molecule has 0 amide bonds. The maximum Gasteiger partial charge on any atom is 0.329 e. The highest BCUT2D eigenvalue weighted by molar-refractivity contribution is 5.75. The van der Waals surface area contributed by atoms with Crippen LogP contribution in [0.2, 0.25) is 0 Å². The fourth-order valence-electron chi connectivity index (χ4n) is 4.16. The van der Waals surface area contributed by atoms with Gasteiger partial charge in [0.2, 0.25) is 5.95 Å². The van der Waals surface area contributed by atoms with E-state index in [0.717, 1.165) is 44.6 Å². The van der Waals surface area contributed by atoms with E-state index in [0.29, 0.717) is 22.7 Å². The minimum absolute atomic E-state index is 0.251. The van der Waals surface area contributed by atoms with Crippen LogP contribution in [-0.2, 0) is 7.05 Å². The summed E-state index contributed by atoms with van der Waals surface area (Å²) in [5.41, 5.74) is 1.19. The summed E-state index contributed by atoms with van der Waals surface area (Å²) in [5.74, 6) is 0.657. The Morgan fingerprint density at radius 2 is 1.97 bits per heavy atom. The first-order valence-electron chi connectivity index (χ1n) is 10.2. The molecule has 3 heterocycles. The zero-order valence-corrected chi connectivity index (χ0v) is 17.2. The van der Waals surface area contributed by atoms with Gasteiger partial charge >= 0.3 is 5.69 Å². The first-order chi connectivity index (χ1) is 14.6. The number of nitriles is 1. The van der Waals surface area contributed by atoms with E-state index in [-0.39, 0.29) is 6.04 Å². The maximum atomic E-state index is 12.9. The third-order valence-electron chi connectivity index (χ3n) is 5.65. The molecule has 2 aromatic heterocycles. The largest absolute Gasteiger partial charge is 0.340 e. The molecule has 1 unspecified atom stereocenters. The summed E-state index contributed by atoms with van der Waals surface area (Å²) < 4.78 is 3.30. The Bertz CT molecular complexity index is 1220. The quantitative estimate of drug-likeness (QED) is 0.655. The average Bonchev–Trinajstić information content (AvgIpc) is 3.17. The highest BCUT2D eigenvalue weighted by Gasteiger charge is 2.28. The first-order valence-corrected chi connectivity index (χ1v) is 10.2. The van der Waals surface area contributed by atoms with E-state index in [1.54, 1.807) is 13.1 Å². The Balaban J connectivity index is 2.06. The molecule has 1 aromatic carbocycles. The number of H-pyrrole nitrogens is 1. The predicted molar refractivity (Wildman–Crippen MR) is 115 cm³/mol. The molecule has 156 valence electrons. The Morgan fingerprint density at radius 3 is 2.67 bits per heavy atom. The number of aryl methyl sites for hydroxylation is 1. The molecule has 1 aliphatic heterocycles. The van der Waals surface area contributed by atoms with Crippen molar-refractivity contribution < 1.29 is 0 Å². The van der Waals surface area contributed by atoms with E-state index in [4.69, 9.17) is 4.98 Å². The van der Waals surface area contributed by atoms with Crippen LogP contribution in [-0.4, -0.2) is 45.3 Å². The molecule has 2 N–H and O–H groups in total. The molecule has 9 nitrogen and oxygen atoms in total. The normalized spacial score (nSPS) is 15.3. The van der Waals surface area contributed by atoms with E-state index in [9.17, 15) is 14.9 Å². The van der Waals surface area contributed by atoms with E-state index < -0.39 is 11.2 Å². The number of anilines is 1. The molecule has 1 atom stereocenters. The van der Waals surface area contributed by atoms with Crippen molar-refractivity contribution in [1.82, 2.24) is 24.4 Å². The van der Waals surface area contributed by atoms with Gasteiger partial charge in [0.05, 0.1) is 17.7 Å². The van der Waals surface area contributed by atoms with Crippen LogP contribution < -0.4 is 21.5 Å². The number of nitrogens with zero attached hydrogens (tertiary/aromatic N) is 5. The number of aromatic nitrogens is 4. The summed E-state index contributed by atoms with van der Waals surface area (Å²) >= 11 is 0. The summed E-state index contributed by atoms with van der Waals surface area (Å²) in [4.78, 5) is 34.5. The van der Waals surface area contributed by atoms with Gasteiger partial charge in [-0.15, -0.1) is 0 Å². The number of fused-ring (bicyclic) bond motifs is 1. The lowest BCUT2D eigenvalue weighted by atomic mass is 9.97. The van der Waals surface area contributed by atoms with Crippen LogP contribution in [0, 0.1) is 11.3 Å². The summed E-state index contributed by atoms with van der Waals surface area (Å²) in [7, 11) is 1.61. The van der Waals surface area contributed by atoms with E-state index >= 15 is 0 Å². The lowest BCUT2D eigenvalue weighted by molar-refractivity contribution is 0.518. The van der Waals surface area contributed by atoms with Crippen LogP contribution in [0.15, 0.2) is 33.9 Å². The summed E-state index contributed by atoms with van der Waals surface area (Å²) in [6.45, 7) is 5.19. The fourth-order valence-corrected chi connectivity index (χ4v) is 4.16. The number of hydrogen-bond donors (Lipinski definition) is 2. The van der Waals surface area contributed by atoms with Gasteiger partial charge in [-0.25, -0.2) is 4.79 Å². The molecule has 1 fully saturated rings. The molecule has 3 aromatic rings. The maximum absolute atomic E-state index is 12.9. The number of rotatable bonds is 5. The van der Waals surface area contributed by atoms with Crippen molar-refractivity contribution >= 4 is 17.1 Å². The van der Waals surface area contributed by atoms with Gasteiger partial charge in [-0.1, -0.05) is 31.5 Å². The Labute approximate surface area is 173 Å². The Kier molecular flexibility index (Phi) is 5.42. The Hall–Kier alpha value is -3.38. The van der Waals surface area contributed by atoms with Crippen LogP contribution in [0.3, 0.4) is 0 Å². The van der Waals surface area contributed by atoms with E-state index in [1.165, 1.54) is 4.57 Å². The minimum Gasteiger partial charge on any atom is -0.340 e. The molecular formula is C21H25N7O2. The molecule has 0 aliphatic carbocycles. The molecule has 1 aliphatic rings. The first kappa shape index (κ1) is 19.9. The van der Waals surface area contributed by atoms with E-state index in [1.807, 2.05) is 22.8 Å². The van der Waals surface area contributed by atoms with Crippen LogP contribution in [0.5, 0.6) is 0 Å². The number of imidazole rings is 1. The Morgan fingerprint density at radius 1 is 1.23 bits per heavy atom. The molecule has 30 heavy (non-hydrogen) atoms. The average molecular weight is 407 g/mol. The molecule has 0 saturated carbocycles. The second-order valence-electron chi connectivity index (χ2n) is 7.51. The second-order valence-corrected chi connectivity index (χ2v) is 7.51. The number of nitrogens with one attached hydrogen (secondary N) is 2. The van der Waals surface area contributed by atoms with Crippen LogP contribution in [0.4, 0.5) is 5.95 Å². The fraction of sp³-hybridized carbons (Fsp3) is 0.429. The van der Waals surface area contributed by atoms with Crippen LogP contribution in [0.1, 0.15) is 36.9 Å². The highest BCUT2D eigenvalue weighted by Crippen LogP contribution is 2.33. The topological polar surface area (TPSA) is 112 Å². The van der Waals surface area contributed by atoms with Gasteiger partial charge in [-0.2, -0.15) is 10.2 Å². The van der Waals surface area contributed by atoms with Gasteiger partial charge in [0.25, 0.3) is 5.56 Å². The number of hydrogen-bond acceptors (Lipinski definition) is 6. The predicted octanol–water partition coefficient (Wildman–Crippen LogP) is 1.09. The van der Waals surface area contributed by atoms with Crippen molar-refractivity contribution in [3.63, 3.8) is 0 Å². The number of aromatic amines is 1. The van der Waals surface area contributed by atoms with Gasteiger partial charge in [0.15, 0.2) is 11.2 Å². The monoisotopic (exact) mass is 407 g/mol. The van der Waals surface area contributed by atoms with Crippen molar-refractivity contribution in [2.24, 2.45) is 7.05 Å². The highest BCUT2D eigenvalue weighted by atomic mass is 16.2. The second kappa shape index (κ2) is 8.16. The van der Waals surface area contributed by atoms with Crippen molar-refractivity contribution in [2.75, 3.05) is 31.1 Å². The van der Waals surface area contributed by atoms with Gasteiger partial charge < -0.3 is 10.2 Å². The van der Waals surface area contributed by atoms with Crippen LogP contribution in [0.25, 0.3) is 11.2 Å². The molecule has 0 bridgehead atoms. The lowest BCUT2D eigenvalue weighted by Crippen LogP contribution is -2.45. The van der Waals surface area contributed by atoms with Gasteiger partial charge in [-0.3, -0.25) is 18.9 Å². The molecule has 0 radical (unpaired) electrons. The zero-order chi connectivity index (χ0) is 21.3. The van der Waals surface area contributed by atoms with Gasteiger partial charge in [0, 0.05) is 33.2 Å². The molecule has 1 saturated heterocycles. The third kappa shape index (κ3) is 3.29. The summed E-state index contributed by atoms with van der Waals surface area (Å²) in [6.07, 6.45) is 1.58. The molecular weight excluding hydrogens is 382 g/mol. The van der Waals surface area contributed by atoms with Gasteiger partial charge in [0.1, 0.15) is 0 Å². The SMILES string of the molecule is CCCC(c1ccccc1C#N)n1c(N2CCNCC2)nc2c1c(=O)[nH]c(=O)n2C. The molecule has 9 heteroatoms. The minimum atomic E-state index is -0.492. The zero-order valence-electron chi connectivity index (χ0n) is 17.2.